The van der Waals surface area contributed by atoms with Crippen LogP contribution in [-0.4, -0.2) is 15.4 Å². The second kappa shape index (κ2) is 7.74. The summed E-state index contributed by atoms with van der Waals surface area (Å²) < 4.78 is 19.0. The SMILES string of the molecule is C[C@H](O)C(OS(=O)c1ccccc1)(c1ccccc1)c1ccccc1. The Kier molecular flexibility index (Phi) is 5.43. The summed E-state index contributed by atoms with van der Waals surface area (Å²) in [6, 6.07) is 27.8. The van der Waals surface area contributed by atoms with Gasteiger partial charge in [0.2, 0.25) is 0 Å². The first-order valence-corrected chi connectivity index (χ1v) is 9.17. The van der Waals surface area contributed by atoms with Crippen molar-refractivity contribution in [1.29, 1.82) is 0 Å². The maximum Gasteiger partial charge on any atom is 0.190 e. The molecule has 0 heterocycles. The molecular formula is C21H20O3S. The monoisotopic (exact) mass is 352 g/mol. The van der Waals surface area contributed by atoms with E-state index in [4.69, 9.17) is 4.18 Å². The van der Waals surface area contributed by atoms with Gasteiger partial charge in [-0.15, -0.1) is 0 Å². The molecule has 0 saturated carbocycles. The summed E-state index contributed by atoms with van der Waals surface area (Å²) in [6.45, 7) is 1.65. The standard InChI is InChI=1S/C21H20O3S/c1-17(22)21(18-11-5-2-6-12-18,19-13-7-3-8-14-19)24-25(23)20-15-9-4-10-16-20/h2-17,22H,1H3/t17-,25?/m0/s1. The first-order valence-electron chi connectivity index (χ1n) is 8.10. The first kappa shape index (κ1) is 17.5. The second-order valence-electron chi connectivity index (χ2n) is 5.77. The molecule has 1 unspecified atom stereocenters. The molecule has 0 saturated heterocycles. The molecule has 0 amide bonds. The summed E-state index contributed by atoms with van der Waals surface area (Å²) in [5.41, 5.74) is 0.268. The summed E-state index contributed by atoms with van der Waals surface area (Å²) in [4.78, 5) is 0.555. The fourth-order valence-electron chi connectivity index (χ4n) is 2.89. The van der Waals surface area contributed by atoms with Crippen molar-refractivity contribution in [2.24, 2.45) is 0 Å². The zero-order valence-corrected chi connectivity index (χ0v) is 14.7. The van der Waals surface area contributed by atoms with E-state index in [1.807, 2.05) is 78.9 Å². The average molecular weight is 352 g/mol. The highest BCUT2D eigenvalue weighted by Gasteiger charge is 2.43. The summed E-state index contributed by atoms with van der Waals surface area (Å²) in [5.74, 6) is 0. The van der Waals surface area contributed by atoms with E-state index in [-0.39, 0.29) is 0 Å². The Labute approximate surface area is 150 Å². The van der Waals surface area contributed by atoms with Gasteiger partial charge in [-0.25, -0.2) is 4.21 Å². The van der Waals surface area contributed by atoms with Gasteiger partial charge in [0, 0.05) is 0 Å². The highest BCUT2D eigenvalue weighted by molar-refractivity contribution is 7.80. The third-order valence-corrected chi connectivity index (χ3v) is 5.21. The predicted octanol–water partition coefficient (Wildman–Crippen LogP) is 4.05. The Morgan fingerprint density at radius 1 is 0.800 bits per heavy atom. The smallest absolute Gasteiger partial charge is 0.190 e. The van der Waals surface area contributed by atoms with Crippen LogP contribution in [0, 0.1) is 0 Å². The first-order chi connectivity index (χ1) is 12.1. The van der Waals surface area contributed by atoms with E-state index in [1.54, 1.807) is 19.1 Å². The fourth-order valence-corrected chi connectivity index (χ4v) is 3.93. The van der Waals surface area contributed by atoms with Crippen LogP contribution in [0.25, 0.3) is 0 Å². The van der Waals surface area contributed by atoms with E-state index >= 15 is 0 Å². The second-order valence-corrected chi connectivity index (χ2v) is 6.88. The highest BCUT2D eigenvalue weighted by Crippen LogP contribution is 2.38. The molecule has 0 aromatic heterocycles. The van der Waals surface area contributed by atoms with Crippen LogP contribution in [0.15, 0.2) is 95.9 Å². The number of aliphatic hydroxyl groups excluding tert-OH is 1. The molecule has 3 rings (SSSR count). The topological polar surface area (TPSA) is 46.5 Å². The Morgan fingerprint density at radius 2 is 1.20 bits per heavy atom. The van der Waals surface area contributed by atoms with Crippen molar-refractivity contribution >= 4 is 11.1 Å². The number of hydrogen-bond acceptors (Lipinski definition) is 3. The zero-order valence-electron chi connectivity index (χ0n) is 13.9. The maximum atomic E-state index is 12.9. The summed E-state index contributed by atoms with van der Waals surface area (Å²) in [5, 5.41) is 10.7. The van der Waals surface area contributed by atoms with Crippen molar-refractivity contribution in [2.45, 2.75) is 23.5 Å². The summed E-state index contributed by atoms with van der Waals surface area (Å²) >= 11 is -1.73. The van der Waals surface area contributed by atoms with Crippen LogP contribution in [0.2, 0.25) is 0 Å². The van der Waals surface area contributed by atoms with E-state index in [0.717, 1.165) is 11.1 Å². The molecule has 1 N–H and O–H groups in total. The lowest BCUT2D eigenvalue weighted by atomic mass is 9.82. The number of hydrogen-bond donors (Lipinski definition) is 1. The molecular weight excluding hydrogens is 332 g/mol. The Balaban J connectivity index is 2.13. The van der Waals surface area contributed by atoms with Gasteiger partial charge in [-0.1, -0.05) is 78.9 Å². The summed E-state index contributed by atoms with van der Waals surface area (Å²) in [6.07, 6.45) is -0.912. The zero-order chi connectivity index (χ0) is 17.7. The molecule has 0 aliphatic heterocycles. The van der Waals surface area contributed by atoms with Gasteiger partial charge >= 0.3 is 0 Å². The minimum atomic E-state index is -1.73. The van der Waals surface area contributed by atoms with Crippen LogP contribution in [0.4, 0.5) is 0 Å². The Bertz CT molecular complexity index is 778. The van der Waals surface area contributed by atoms with Crippen LogP contribution in [0.5, 0.6) is 0 Å². The number of aliphatic hydroxyl groups is 1. The van der Waals surface area contributed by atoms with Gasteiger partial charge in [-0.05, 0) is 30.2 Å². The fraction of sp³-hybridized carbons (Fsp3) is 0.143. The van der Waals surface area contributed by atoms with E-state index in [1.165, 1.54) is 0 Å². The van der Waals surface area contributed by atoms with Crippen LogP contribution >= 0.6 is 0 Å². The normalized spacial score (nSPS) is 14.0. The average Bonchev–Trinajstić information content (AvgIpc) is 2.67. The van der Waals surface area contributed by atoms with Crippen molar-refractivity contribution in [2.75, 3.05) is 0 Å². The van der Waals surface area contributed by atoms with Crippen molar-refractivity contribution in [3.8, 4) is 0 Å². The van der Waals surface area contributed by atoms with Gasteiger partial charge in [0.15, 0.2) is 16.7 Å². The molecule has 0 radical (unpaired) electrons. The van der Waals surface area contributed by atoms with Crippen molar-refractivity contribution in [3.63, 3.8) is 0 Å². The molecule has 25 heavy (non-hydrogen) atoms. The molecule has 0 spiro atoms. The van der Waals surface area contributed by atoms with E-state index in [9.17, 15) is 9.32 Å². The van der Waals surface area contributed by atoms with Gasteiger partial charge in [0.25, 0.3) is 0 Å². The van der Waals surface area contributed by atoms with E-state index in [0.29, 0.717) is 4.90 Å². The molecule has 0 aliphatic carbocycles. The van der Waals surface area contributed by atoms with Crippen molar-refractivity contribution < 1.29 is 13.5 Å². The van der Waals surface area contributed by atoms with E-state index in [2.05, 4.69) is 0 Å². The van der Waals surface area contributed by atoms with Gasteiger partial charge in [-0.2, -0.15) is 0 Å². The highest BCUT2D eigenvalue weighted by atomic mass is 32.2. The number of benzene rings is 3. The minimum Gasteiger partial charge on any atom is -0.390 e. The summed E-state index contributed by atoms with van der Waals surface area (Å²) in [7, 11) is 0. The van der Waals surface area contributed by atoms with Gasteiger partial charge < -0.3 is 5.11 Å². The van der Waals surface area contributed by atoms with Crippen LogP contribution in [0.1, 0.15) is 18.1 Å². The third-order valence-electron chi connectivity index (χ3n) is 4.14. The Morgan fingerprint density at radius 3 is 1.60 bits per heavy atom. The molecule has 3 aromatic carbocycles. The van der Waals surface area contributed by atoms with Gasteiger partial charge in [-0.3, -0.25) is 4.18 Å². The number of rotatable bonds is 6. The lowest BCUT2D eigenvalue weighted by Gasteiger charge is -2.36. The molecule has 3 aromatic rings. The lowest BCUT2D eigenvalue weighted by Crippen LogP contribution is -2.42. The van der Waals surface area contributed by atoms with Crippen LogP contribution < -0.4 is 0 Å². The van der Waals surface area contributed by atoms with Gasteiger partial charge in [0.1, 0.15) is 0 Å². The van der Waals surface area contributed by atoms with Crippen molar-refractivity contribution in [1.82, 2.24) is 0 Å². The molecule has 0 bridgehead atoms. The van der Waals surface area contributed by atoms with Crippen molar-refractivity contribution in [3.05, 3.63) is 102 Å². The molecule has 4 heteroatoms. The molecule has 0 aliphatic rings. The molecule has 3 nitrogen and oxygen atoms in total. The molecule has 2 atom stereocenters. The predicted molar refractivity (Wildman–Crippen MR) is 99.3 cm³/mol. The van der Waals surface area contributed by atoms with Gasteiger partial charge in [0.05, 0.1) is 11.0 Å². The quantitative estimate of drug-likeness (QED) is 0.728. The van der Waals surface area contributed by atoms with Crippen LogP contribution in [0.3, 0.4) is 0 Å². The van der Waals surface area contributed by atoms with E-state index < -0.39 is 22.8 Å². The molecule has 128 valence electrons. The lowest BCUT2D eigenvalue weighted by molar-refractivity contribution is -0.00979. The molecule has 0 fully saturated rings. The Hall–Kier alpha value is -2.27. The maximum absolute atomic E-state index is 12.9. The minimum absolute atomic E-state index is 0.555. The van der Waals surface area contributed by atoms with Crippen LogP contribution in [-0.2, 0) is 20.9 Å². The largest absolute Gasteiger partial charge is 0.390 e. The third kappa shape index (κ3) is 3.56.